The summed E-state index contributed by atoms with van der Waals surface area (Å²) in [4.78, 5) is 25.4. The van der Waals surface area contributed by atoms with Crippen LogP contribution in [0.15, 0.2) is 18.2 Å². The number of hydrogen-bond acceptors (Lipinski definition) is 3. The van der Waals surface area contributed by atoms with Gasteiger partial charge in [-0.3, -0.25) is 9.59 Å². The molecule has 0 aliphatic heterocycles. The van der Waals surface area contributed by atoms with Crippen molar-refractivity contribution >= 4 is 29.1 Å². The van der Waals surface area contributed by atoms with Gasteiger partial charge in [-0.2, -0.15) is 0 Å². The number of benzene rings is 1. The highest BCUT2D eigenvalue weighted by atomic mass is 35.5. The first-order valence-electron chi connectivity index (χ1n) is 6.60. The fourth-order valence-corrected chi connectivity index (χ4v) is 2.01. The van der Waals surface area contributed by atoms with Crippen LogP contribution in [0.5, 0.6) is 0 Å². The van der Waals surface area contributed by atoms with Gasteiger partial charge in [0.25, 0.3) is 5.91 Å². The maximum absolute atomic E-state index is 11.9. The number of nitrogens with one attached hydrogen (secondary N) is 1. The summed E-state index contributed by atoms with van der Waals surface area (Å²) in [5.74, 6) is -0.299. The van der Waals surface area contributed by atoms with Crippen molar-refractivity contribution in [1.82, 2.24) is 10.2 Å². The van der Waals surface area contributed by atoms with Gasteiger partial charge in [0.15, 0.2) is 0 Å². The number of anilines is 1. The number of hydrogen-bond donors (Lipinski definition) is 2. The molecule has 1 aromatic rings. The minimum absolute atomic E-state index is 0.0226. The van der Waals surface area contributed by atoms with Gasteiger partial charge in [0.1, 0.15) is 0 Å². The predicted molar refractivity (Wildman–Crippen MR) is 80.7 cm³/mol. The highest BCUT2D eigenvalue weighted by molar-refractivity contribution is 6.31. The van der Waals surface area contributed by atoms with E-state index in [0.29, 0.717) is 29.4 Å². The molecule has 110 valence electrons. The van der Waals surface area contributed by atoms with Crippen molar-refractivity contribution < 1.29 is 9.59 Å². The Labute approximate surface area is 124 Å². The second kappa shape index (κ2) is 7.75. The molecule has 0 saturated heterocycles. The Hall–Kier alpha value is -1.75. The van der Waals surface area contributed by atoms with Crippen molar-refractivity contribution in [3.05, 3.63) is 28.8 Å². The molecule has 1 aromatic carbocycles. The number of amides is 2. The van der Waals surface area contributed by atoms with E-state index in [1.165, 1.54) is 6.07 Å². The molecular formula is C14H20ClN3O2. The Morgan fingerprint density at radius 3 is 2.55 bits per heavy atom. The Balaban J connectivity index is 2.52. The standard InChI is InChI=1S/C14H20ClN3O2/c1-3-18(4-2)13(19)7-8-17-14(20)11-9-10(15)5-6-12(11)16/h5-6,9H,3-4,7-8,16H2,1-2H3,(H,17,20). The lowest BCUT2D eigenvalue weighted by Crippen LogP contribution is -2.34. The highest BCUT2D eigenvalue weighted by Crippen LogP contribution is 2.17. The van der Waals surface area contributed by atoms with Crippen LogP contribution in [-0.4, -0.2) is 36.3 Å². The van der Waals surface area contributed by atoms with Crippen LogP contribution in [0, 0.1) is 0 Å². The molecule has 0 atom stereocenters. The molecule has 0 radical (unpaired) electrons. The van der Waals surface area contributed by atoms with Gasteiger partial charge in [0, 0.05) is 36.8 Å². The molecule has 0 heterocycles. The van der Waals surface area contributed by atoms with E-state index in [9.17, 15) is 9.59 Å². The molecule has 0 spiro atoms. The maximum atomic E-state index is 11.9. The Morgan fingerprint density at radius 2 is 1.95 bits per heavy atom. The summed E-state index contributed by atoms with van der Waals surface area (Å²) in [7, 11) is 0. The lowest BCUT2D eigenvalue weighted by atomic mass is 10.1. The van der Waals surface area contributed by atoms with Gasteiger partial charge in [-0.05, 0) is 32.0 Å². The molecule has 5 nitrogen and oxygen atoms in total. The van der Waals surface area contributed by atoms with E-state index in [4.69, 9.17) is 17.3 Å². The van der Waals surface area contributed by atoms with Gasteiger partial charge in [0.05, 0.1) is 5.56 Å². The summed E-state index contributed by atoms with van der Waals surface area (Å²) < 4.78 is 0. The van der Waals surface area contributed by atoms with Gasteiger partial charge in [0.2, 0.25) is 5.91 Å². The topological polar surface area (TPSA) is 75.4 Å². The Bertz CT molecular complexity index is 487. The van der Waals surface area contributed by atoms with E-state index < -0.39 is 0 Å². The molecule has 0 aromatic heterocycles. The lowest BCUT2D eigenvalue weighted by molar-refractivity contribution is -0.130. The van der Waals surface area contributed by atoms with Crippen molar-refractivity contribution in [2.75, 3.05) is 25.4 Å². The van der Waals surface area contributed by atoms with E-state index >= 15 is 0 Å². The first kappa shape index (κ1) is 16.3. The normalized spacial score (nSPS) is 10.2. The number of carbonyl (C=O) groups excluding carboxylic acids is 2. The molecule has 6 heteroatoms. The molecule has 0 saturated carbocycles. The van der Waals surface area contributed by atoms with Crippen LogP contribution in [0.1, 0.15) is 30.6 Å². The van der Waals surface area contributed by atoms with Crippen LogP contribution < -0.4 is 11.1 Å². The number of nitrogen functional groups attached to an aromatic ring is 1. The van der Waals surface area contributed by atoms with E-state index in [0.717, 1.165) is 0 Å². The van der Waals surface area contributed by atoms with Gasteiger partial charge >= 0.3 is 0 Å². The van der Waals surface area contributed by atoms with Crippen molar-refractivity contribution in [1.29, 1.82) is 0 Å². The molecule has 0 fully saturated rings. The average Bonchev–Trinajstić information content (AvgIpc) is 2.42. The largest absolute Gasteiger partial charge is 0.398 e. The summed E-state index contributed by atoms with van der Waals surface area (Å²) in [5.41, 5.74) is 6.41. The fourth-order valence-electron chi connectivity index (χ4n) is 1.84. The second-order valence-electron chi connectivity index (χ2n) is 4.30. The van der Waals surface area contributed by atoms with Crippen LogP contribution in [0.25, 0.3) is 0 Å². The third kappa shape index (κ3) is 4.42. The van der Waals surface area contributed by atoms with Crippen molar-refractivity contribution in [2.24, 2.45) is 0 Å². The first-order chi connectivity index (χ1) is 9.49. The molecule has 20 heavy (non-hydrogen) atoms. The van der Waals surface area contributed by atoms with E-state index in [-0.39, 0.29) is 24.8 Å². The van der Waals surface area contributed by atoms with Gasteiger partial charge in [-0.1, -0.05) is 11.6 Å². The predicted octanol–water partition coefficient (Wildman–Crippen LogP) is 1.91. The van der Waals surface area contributed by atoms with Gasteiger partial charge in [-0.25, -0.2) is 0 Å². The third-order valence-electron chi connectivity index (χ3n) is 3.00. The maximum Gasteiger partial charge on any atom is 0.253 e. The average molecular weight is 298 g/mol. The summed E-state index contributed by atoms with van der Waals surface area (Å²) in [6, 6.07) is 4.72. The zero-order valence-electron chi connectivity index (χ0n) is 11.8. The quantitative estimate of drug-likeness (QED) is 0.788. The molecular weight excluding hydrogens is 278 g/mol. The van der Waals surface area contributed by atoms with Crippen LogP contribution in [-0.2, 0) is 4.79 Å². The summed E-state index contributed by atoms with van der Waals surface area (Å²) in [5, 5.41) is 3.12. The Morgan fingerprint density at radius 1 is 1.30 bits per heavy atom. The summed E-state index contributed by atoms with van der Waals surface area (Å²) >= 11 is 5.83. The minimum atomic E-state index is -0.322. The SMILES string of the molecule is CCN(CC)C(=O)CCNC(=O)c1cc(Cl)ccc1N. The number of carbonyl (C=O) groups is 2. The first-order valence-corrected chi connectivity index (χ1v) is 6.98. The number of nitrogens with two attached hydrogens (primary N) is 1. The summed E-state index contributed by atoms with van der Waals surface area (Å²) in [6.07, 6.45) is 0.272. The van der Waals surface area contributed by atoms with Crippen molar-refractivity contribution in [3.63, 3.8) is 0 Å². The van der Waals surface area contributed by atoms with Crippen LogP contribution in [0.2, 0.25) is 5.02 Å². The number of nitrogens with zero attached hydrogens (tertiary/aromatic N) is 1. The van der Waals surface area contributed by atoms with E-state index in [2.05, 4.69) is 5.32 Å². The lowest BCUT2D eigenvalue weighted by Gasteiger charge is -2.18. The molecule has 0 aliphatic carbocycles. The zero-order chi connectivity index (χ0) is 15.1. The third-order valence-corrected chi connectivity index (χ3v) is 3.24. The monoisotopic (exact) mass is 297 g/mol. The fraction of sp³-hybridized carbons (Fsp3) is 0.429. The molecule has 0 bridgehead atoms. The molecule has 0 unspecified atom stereocenters. The molecule has 3 N–H and O–H groups in total. The molecule has 1 rings (SSSR count). The van der Waals surface area contributed by atoms with Crippen molar-refractivity contribution in [2.45, 2.75) is 20.3 Å². The molecule has 0 aliphatic rings. The smallest absolute Gasteiger partial charge is 0.253 e. The van der Waals surface area contributed by atoms with E-state index in [1.807, 2.05) is 13.8 Å². The van der Waals surface area contributed by atoms with Crippen LogP contribution >= 0.6 is 11.6 Å². The second-order valence-corrected chi connectivity index (χ2v) is 4.74. The molecule has 2 amide bonds. The van der Waals surface area contributed by atoms with E-state index in [1.54, 1.807) is 17.0 Å². The van der Waals surface area contributed by atoms with Crippen LogP contribution in [0.3, 0.4) is 0 Å². The van der Waals surface area contributed by atoms with Gasteiger partial charge in [-0.15, -0.1) is 0 Å². The number of rotatable bonds is 6. The zero-order valence-corrected chi connectivity index (χ0v) is 12.5. The number of halogens is 1. The van der Waals surface area contributed by atoms with Crippen LogP contribution in [0.4, 0.5) is 5.69 Å². The highest BCUT2D eigenvalue weighted by Gasteiger charge is 2.12. The van der Waals surface area contributed by atoms with Gasteiger partial charge < -0.3 is 16.0 Å². The summed E-state index contributed by atoms with van der Waals surface area (Å²) in [6.45, 7) is 5.47. The minimum Gasteiger partial charge on any atom is -0.398 e. The Kier molecular flexibility index (Phi) is 6.31. The van der Waals surface area contributed by atoms with Crippen molar-refractivity contribution in [3.8, 4) is 0 Å².